The van der Waals surface area contributed by atoms with E-state index in [9.17, 15) is 14.4 Å². The first-order valence-electron chi connectivity index (χ1n) is 9.35. The van der Waals surface area contributed by atoms with Gasteiger partial charge in [0.15, 0.2) is 6.61 Å². The van der Waals surface area contributed by atoms with Crippen LogP contribution in [-0.4, -0.2) is 38.0 Å². The molecule has 2 aromatic rings. The molecule has 2 amide bonds. The van der Waals surface area contributed by atoms with Crippen LogP contribution in [0.5, 0.6) is 5.75 Å². The van der Waals surface area contributed by atoms with Crippen LogP contribution in [0, 0.1) is 19.8 Å². The third-order valence-electron chi connectivity index (χ3n) is 4.98. The van der Waals surface area contributed by atoms with Crippen molar-refractivity contribution in [1.82, 2.24) is 0 Å². The number of esters is 1. The summed E-state index contributed by atoms with van der Waals surface area (Å²) in [5.41, 5.74) is 3.56. The van der Waals surface area contributed by atoms with Crippen molar-refractivity contribution in [2.45, 2.75) is 20.3 Å². The Morgan fingerprint density at radius 1 is 1.10 bits per heavy atom. The van der Waals surface area contributed by atoms with Gasteiger partial charge in [0.25, 0.3) is 5.91 Å². The number of anilines is 2. The van der Waals surface area contributed by atoms with Crippen molar-refractivity contribution >= 4 is 29.2 Å². The quantitative estimate of drug-likeness (QED) is 0.759. The zero-order chi connectivity index (χ0) is 21.0. The van der Waals surface area contributed by atoms with Crippen molar-refractivity contribution in [3.05, 3.63) is 53.6 Å². The molecule has 1 N–H and O–H groups in total. The molecule has 152 valence electrons. The average molecular weight is 396 g/mol. The predicted octanol–water partition coefficient (Wildman–Crippen LogP) is 2.85. The number of hydrogen-bond donors (Lipinski definition) is 1. The molecular formula is C22H24N2O5. The summed E-state index contributed by atoms with van der Waals surface area (Å²) in [5.74, 6) is -1.03. The minimum absolute atomic E-state index is 0.0753. The second-order valence-corrected chi connectivity index (χ2v) is 7.06. The van der Waals surface area contributed by atoms with Crippen LogP contribution >= 0.6 is 0 Å². The molecule has 0 spiro atoms. The molecule has 29 heavy (non-hydrogen) atoms. The molecule has 0 saturated carbocycles. The van der Waals surface area contributed by atoms with Crippen LogP contribution in [0.2, 0.25) is 0 Å². The maximum Gasteiger partial charge on any atom is 0.311 e. The number of aryl methyl sites for hydroxylation is 2. The zero-order valence-electron chi connectivity index (χ0n) is 16.7. The Bertz CT molecular complexity index is 923. The number of hydrogen-bond acceptors (Lipinski definition) is 5. The number of nitrogens with one attached hydrogen (secondary N) is 1. The van der Waals surface area contributed by atoms with Crippen LogP contribution in [0.15, 0.2) is 42.5 Å². The number of nitrogens with zero attached hydrogens (tertiary/aromatic N) is 1. The van der Waals surface area contributed by atoms with E-state index >= 15 is 0 Å². The standard InChI is InChI=1S/C22H24N2O5/c1-14-4-7-18(10-15(14)2)24-12-16(11-21(24)26)22(27)29-13-20(25)23-17-5-8-19(28-3)9-6-17/h4-10,16H,11-13H2,1-3H3,(H,23,25). The van der Waals surface area contributed by atoms with E-state index in [0.717, 1.165) is 16.8 Å². The van der Waals surface area contributed by atoms with E-state index in [1.165, 1.54) is 0 Å². The Morgan fingerprint density at radius 3 is 2.48 bits per heavy atom. The minimum Gasteiger partial charge on any atom is -0.497 e. The van der Waals surface area contributed by atoms with Gasteiger partial charge in [-0.15, -0.1) is 0 Å². The molecule has 7 nitrogen and oxygen atoms in total. The smallest absolute Gasteiger partial charge is 0.311 e. The van der Waals surface area contributed by atoms with Gasteiger partial charge in [0.2, 0.25) is 5.91 Å². The van der Waals surface area contributed by atoms with Crippen LogP contribution in [0.4, 0.5) is 11.4 Å². The highest BCUT2D eigenvalue weighted by atomic mass is 16.5. The largest absolute Gasteiger partial charge is 0.497 e. The van der Waals surface area contributed by atoms with Gasteiger partial charge >= 0.3 is 5.97 Å². The van der Waals surface area contributed by atoms with Gasteiger partial charge in [0, 0.05) is 24.3 Å². The normalized spacial score (nSPS) is 15.9. The second kappa shape index (κ2) is 8.77. The van der Waals surface area contributed by atoms with Crippen molar-refractivity contribution in [3.63, 3.8) is 0 Å². The van der Waals surface area contributed by atoms with E-state index in [0.29, 0.717) is 11.4 Å². The van der Waals surface area contributed by atoms with E-state index in [1.807, 2.05) is 32.0 Å². The Balaban J connectivity index is 1.52. The Hall–Kier alpha value is -3.35. The highest BCUT2D eigenvalue weighted by Crippen LogP contribution is 2.27. The summed E-state index contributed by atoms with van der Waals surface area (Å²) in [6, 6.07) is 12.6. The fraction of sp³-hybridized carbons (Fsp3) is 0.318. The SMILES string of the molecule is COc1ccc(NC(=O)COC(=O)C2CC(=O)N(c3ccc(C)c(C)c3)C2)cc1. The lowest BCUT2D eigenvalue weighted by Gasteiger charge is -2.17. The van der Waals surface area contributed by atoms with E-state index < -0.39 is 24.4 Å². The first-order chi connectivity index (χ1) is 13.9. The van der Waals surface area contributed by atoms with E-state index in [1.54, 1.807) is 36.3 Å². The lowest BCUT2D eigenvalue weighted by atomic mass is 10.1. The molecular weight excluding hydrogens is 372 g/mol. The molecule has 7 heteroatoms. The first-order valence-corrected chi connectivity index (χ1v) is 9.35. The lowest BCUT2D eigenvalue weighted by Crippen LogP contribution is -2.28. The van der Waals surface area contributed by atoms with Crippen LogP contribution in [0.1, 0.15) is 17.5 Å². The van der Waals surface area contributed by atoms with E-state index in [2.05, 4.69) is 5.32 Å². The summed E-state index contributed by atoms with van der Waals surface area (Å²) in [5, 5.41) is 2.65. The molecule has 1 saturated heterocycles. The number of carbonyl (C=O) groups is 3. The van der Waals surface area contributed by atoms with Crippen molar-refractivity contribution in [3.8, 4) is 5.75 Å². The molecule has 0 aromatic heterocycles. The fourth-order valence-corrected chi connectivity index (χ4v) is 3.13. The summed E-state index contributed by atoms with van der Waals surface area (Å²) in [7, 11) is 1.56. The number of benzene rings is 2. The summed E-state index contributed by atoms with van der Waals surface area (Å²) < 4.78 is 10.2. The van der Waals surface area contributed by atoms with Gasteiger partial charge in [-0.1, -0.05) is 6.07 Å². The molecule has 0 bridgehead atoms. The summed E-state index contributed by atoms with van der Waals surface area (Å²) in [4.78, 5) is 38.3. The van der Waals surface area contributed by atoms with Gasteiger partial charge in [-0.2, -0.15) is 0 Å². The molecule has 2 aromatic carbocycles. The summed E-state index contributed by atoms with van der Waals surface area (Å²) >= 11 is 0. The highest BCUT2D eigenvalue weighted by Gasteiger charge is 2.36. The number of carbonyl (C=O) groups excluding carboxylic acids is 3. The molecule has 1 aliphatic rings. The van der Waals surface area contributed by atoms with Gasteiger partial charge in [-0.3, -0.25) is 14.4 Å². The van der Waals surface area contributed by atoms with Crippen LogP contribution in [0.25, 0.3) is 0 Å². The van der Waals surface area contributed by atoms with Gasteiger partial charge in [-0.05, 0) is 61.4 Å². The van der Waals surface area contributed by atoms with Crippen molar-refractivity contribution < 1.29 is 23.9 Å². The molecule has 1 fully saturated rings. The van der Waals surface area contributed by atoms with Crippen molar-refractivity contribution in [2.24, 2.45) is 5.92 Å². The Morgan fingerprint density at radius 2 is 1.83 bits per heavy atom. The lowest BCUT2D eigenvalue weighted by molar-refractivity contribution is -0.151. The van der Waals surface area contributed by atoms with Gasteiger partial charge in [-0.25, -0.2) is 0 Å². The van der Waals surface area contributed by atoms with Crippen LogP contribution < -0.4 is 15.0 Å². The van der Waals surface area contributed by atoms with Gasteiger partial charge in [0.05, 0.1) is 13.0 Å². The maximum atomic E-state index is 12.3. The zero-order valence-corrected chi connectivity index (χ0v) is 16.7. The topological polar surface area (TPSA) is 84.9 Å². The molecule has 0 radical (unpaired) electrons. The number of amides is 2. The number of rotatable bonds is 6. The first kappa shape index (κ1) is 20.4. The average Bonchev–Trinajstić information content (AvgIpc) is 3.10. The third-order valence-corrected chi connectivity index (χ3v) is 4.98. The molecule has 3 rings (SSSR count). The molecule has 0 aliphatic carbocycles. The molecule has 1 atom stereocenters. The van der Waals surface area contributed by atoms with Crippen LogP contribution in [0.3, 0.4) is 0 Å². The van der Waals surface area contributed by atoms with Crippen molar-refractivity contribution in [2.75, 3.05) is 30.5 Å². The van der Waals surface area contributed by atoms with Crippen LogP contribution in [-0.2, 0) is 19.1 Å². The van der Waals surface area contributed by atoms with E-state index in [4.69, 9.17) is 9.47 Å². The third kappa shape index (κ3) is 4.93. The number of ether oxygens (including phenoxy) is 2. The fourth-order valence-electron chi connectivity index (χ4n) is 3.13. The second-order valence-electron chi connectivity index (χ2n) is 7.06. The van der Waals surface area contributed by atoms with Gasteiger partial charge in [0.1, 0.15) is 5.75 Å². The van der Waals surface area contributed by atoms with E-state index in [-0.39, 0.29) is 18.9 Å². The predicted molar refractivity (Wildman–Crippen MR) is 109 cm³/mol. The maximum absolute atomic E-state index is 12.3. The van der Waals surface area contributed by atoms with Gasteiger partial charge < -0.3 is 19.7 Å². The monoisotopic (exact) mass is 396 g/mol. The highest BCUT2D eigenvalue weighted by molar-refractivity contribution is 6.00. The summed E-state index contributed by atoms with van der Waals surface area (Å²) in [6.45, 7) is 3.83. The van der Waals surface area contributed by atoms with Crippen molar-refractivity contribution in [1.29, 1.82) is 0 Å². The number of methoxy groups -OCH3 is 1. The molecule has 1 heterocycles. The molecule has 1 unspecified atom stereocenters. The minimum atomic E-state index is -0.585. The Kier molecular flexibility index (Phi) is 6.16. The summed E-state index contributed by atoms with van der Waals surface area (Å²) in [6.07, 6.45) is 0.0753. The Labute approximate surface area is 169 Å². The molecule has 1 aliphatic heterocycles.